The van der Waals surface area contributed by atoms with Crippen molar-refractivity contribution in [1.29, 1.82) is 0 Å². The Morgan fingerprint density at radius 3 is 2.04 bits per heavy atom. The number of aryl methyl sites for hydroxylation is 2. The Bertz CT molecular complexity index is 657. The standard InChI is InChI=1S/C18H19ClO4/c1-12-10-16(11-13(2)17(12)19)23-9-3-8-22-15-6-4-14(5-7-15)18(20)21/h4-7,10-11H,3,8-9H2,1-2H3,(H,20,21). The lowest BCUT2D eigenvalue weighted by molar-refractivity contribution is 0.0697. The quantitative estimate of drug-likeness (QED) is 0.757. The first-order valence-corrected chi connectivity index (χ1v) is 7.71. The van der Waals surface area contributed by atoms with E-state index in [1.165, 1.54) is 12.1 Å². The number of carboxylic acids is 1. The summed E-state index contributed by atoms with van der Waals surface area (Å²) in [6, 6.07) is 10.2. The molecule has 23 heavy (non-hydrogen) atoms. The lowest BCUT2D eigenvalue weighted by atomic mass is 10.1. The summed E-state index contributed by atoms with van der Waals surface area (Å²) >= 11 is 6.12. The minimum Gasteiger partial charge on any atom is -0.493 e. The zero-order valence-corrected chi connectivity index (χ0v) is 13.9. The average molecular weight is 335 g/mol. The molecule has 122 valence electrons. The van der Waals surface area contributed by atoms with Crippen molar-refractivity contribution >= 4 is 17.6 Å². The summed E-state index contributed by atoms with van der Waals surface area (Å²) in [5, 5.41) is 9.59. The Kier molecular flexibility index (Phi) is 5.88. The molecule has 0 bridgehead atoms. The van der Waals surface area contributed by atoms with Crippen LogP contribution in [0.2, 0.25) is 5.02 Å². The van der Waals surface area contributed by atoms with E-state index >= 15 is 0 Å². The fraction of sp³-hybridized carbons (Fsp3) is 0.278. The molecule has 2 aromatic rings. The number of halogens is 1. The summed E-state index contributed by atoms with van der Waals surface area (Å²) in [6.07, 6.45) is 0.724. The van der Waals surface area contributed by atoms with Crippen molar-refractivity contribution in [3.63, 3.8) is 0 Å². The topological polar surface area (TPSA) is 55.8 Å². The minimum atomic E-state index is -0.946. The number of hydrogen-bond donors (Lipinski definition) is 1. The van der Waals surface area contributed by atoms with Gasteiger partial charge in [-0.1, -0.05) is 11.6 Å². The third kappa shape index (κ3) is 4.89. The van der Waals surface area contributed by atoms with Crippen LogP contribution in [0.5, 0.6) is 11.5 Å². The van der Waals surface area contributed by atoms with Crippen molar-refractivity contribution in [2.24, 2.45) is 0 Å². The van der Waals surface area contributed by atoms with Crippen LogP contribution in [0.3, 0.4) is 0 Å². The van der Waals surface area contributed by atoms with Gasteiger partial charge in [-0.15, -0.1) is 0 Å². The molecule has 0 atom stereocenters. The van der Waals surface area contributed by atoms with E-state index < -0.39 is 5.97 Å². The molecule has 2 rings (SSSR count). The van der Waals surface area contributed by atoms with Crippen molar-refractivity contribution in [2.45, 2.75) is 20.3 Å². The van der Waals surface area contributed by atoms with Gasteiger partial charge in [0.25, 0.3) is 0 Å². The van der Waals surface area contributed by atoms with Gasteiger partial charge in [-0.05, 0) is 61.4 Å². The first-order chi connectivity index (χ1) is 11.0. The van der Waals surface area contributed by atoms with Crippen molar-refractivity contribution < 1.29 is 19.4 Å². The normalized spacial score (nSPS) is 10.4. The van der Waals surface area contributed by atoms with Crippen LogP contribution >= 0.6 is 11.6 Å². The number of carbonyl (C=O) groups is 1. The molecule has 1 N–H and O–H groups in total. The summed E-state index contributed by atoms with van der Waals surface area (Å²) in [4.78, 5) is 10.7. The minimum absolute atomic E-state index is 0.245. The predicted molar refractivity (Wildman–Crippen MR) is 89.9 cm³/mol. The summed E-state index contributed by atoms with van der Waals surface area (Å²) in [5.41, 5.74) is 2.24. The molecule has 0 saturated carbocycles. The Morgan fingerprint density at radius 2 is 1.52 bits per heavy atom. The van der Waals surface area contributed by atoms with Gasteiger partial charge in [0, 0.05) is 11.4 Å². The van der Waals surface area contributed by atoms with Crippen molar-refractivity contribution in [3.8, 4) is 11.5 Å². The molecule has 4 nitrogen and oxygen atoms in total. The number of rotatable bonds is 7. The highest BCUT2D eigenvalue weighted by Crippen LogP contribution is 2.25. The second-order valence-electron chi connectivity index (χ2n) is 5.25. The van der Waals surface area contributed by atoms with Crippen LogP contribution < -0.4 is 9.47 Å². The van der Waals surface area contributed by atoms with E-state index in [0.717, 1.165) is 28.3 Å². The molecule has 0 heterocycles. The van der Waals surface area contributed by atoms with E-state index in [1.54, 1.807) is 12.1 Å². The van der Waals surface area contributed by atoms with Gasteiger partial charge in [0.2, 0.25) is 0 Å². The highest BCUT2D eigenvalue weighted by Gasteiger charge is 2.04. The zero-order chi connectivity index (χ0) is 16.8. The van der Waals surface area contributed by atoms with Gasteiger partial charge in [-0.3, -0.25) is 0 Å². The Morgan fingerprint density at radius 1 is 1.00 bits per heavy atom. The van der Waals surface area contributed by atoms with Gasteiger partial charge in [0.15, 0.2) is 0 Å². The summed E-state index contributed by atoms with van der Waals surface area (Å²) < 4.78 is 11.2. The number of ether oxygens (including phenoxy) is 2. The van der Waals surface area contributed by atoms with E-state index in [2.05, 4.69) is 0 Å². The predicted octanol–water partition coefficient (Wildman–Crippen LogP) is 4.50. The molecule has 0 fully saturated rings. The van der Waals surface area contributed by atoms with Gasteiger partial charge in [0.05, 0.1) is 18.8 Å². The number of carboxylic acid groups (broad SMARTS) is 1. The van der Waals surface area contributed by atoms with E-state index in [4.69, 9.17) is 26.2 Å². The van der Waals surface area contributed by atoms with Crippen LogP contribution in [0.1, 0.15) is 27.9 Å². The van der Waals surface area contributed by atoms with Gasteiger partial charge in [0.1, 0.15) is 11.5 Å². The summed E-state index contributed by atoms with van der Waals surface area (Å²) in [7, 11) is 0. The lowest BCUT2D eigenvalue weighted by Crippen LogP contribution is -2.05. The van der Waals surface area contributed by atoms with Gasteiger partial charge < -0.3 is 14.6 Å². The maximum Gasteiger partial charge on any atom is 0.335 e. The molecule has 0 radical (unpaired) electrons. The highest BCUT2D eigenvalue weighted by molar-refractivity contribution is 6.32. The Balaban J connectivity index is 1.74. The van der Waals surface area contributed by atoms with Crippen LogP contribution in [-0.2, 0) is 0 Å². The van der Waals surface area contributed by atoms with Gasteiger partial charge in [-0.25, -0.2) is 4.79 Å². The van der Waals surface area contributed by atoms with Crippen LogP contribution in [0.15, 0.2) is 36.4 Å². The van der Waals surface area contributed by atoms with E-state index in [9.17, 15) is 4.79 Å². The fourth-order valence-electron chi connectivity index (χ4n) is 2.12. The summed E-state index contributed by atoms with van der Waals surface area (Å²) in [6.45, 7) is 4.93. The molecule has 0 aliphatic rings. The Labute approximate surface area is 140 Å². The fourth-order valence-corrected chi connectivity index (χ4v) is 2.23. The number of benzene rings is 2. The third-order valence-corrected chi connectivity index (χ3v) is 3.93. The molecule has 0 aromatic heterocycles. The molecule has 2 aromatic carbocycles. The SMILES string of the molecule is Cc1cc(OCCCOc2ccc(C(=O)O)cc2)cc(C)c1Cl. The molecule has 0 aliphatic heterocycles. The molecular formula is C18H19ClO4. The average Bonchev–Trinajstić information content (AvgIpc) is 2.52. The molecule has 5 heteroatoms. The third-order valence-electron chi connectivity index (χ3n) is 3.34. The highest BCUT2D eigenvalue weighted by atomic mass is 35.5. The van der Waals surface area contributed by atoms with Crippen LogP contribution in [0.25, 0.3) is 0 Å². The molecule has 0 aliphatic carbocycles. The smallest absolute Gasteiger partial charge is 0.335 e. The van der Waals surface area contributed by atoms with Crippen molar-refractivity contribution in [3.05, 3.63) is 58.1 Å². The van der Waals surface area contributed by atoms with Crippen molar-refractivity contribution in [1.82, 2.24) is 0 Å². The van der Waals surface area contributed by atoms with E-state index in [1.807, 2.05) is 26.0 Å². The largest absolute Gasteiger partial charge is 0.493 e. The molecule has 0 unspecified atom stereocenters. The van der Waals surface area contributed by atoms with Gasteiger partial charge in [-0.2, -0.15) is 0 Å². The van der Waals surface area contributed by atoms with Crippen LogP contribution in [0.4, 0.5) is 0 Å². The molecule has 0 saturated heterocycles. The lowest BCUT2D eigenvalue weighted by Gasteiger charge is -2.10. The first kappa shape index (κ1) is 17.2. The maximum absolute atomic E-state index is 10.7. The second kappa shape index (κ2) is 7.88. The first-order valence-electron chi connectivity index (χ1n) is 7.33. The monoisotopic (exact) mass is 334 g/mol. The number of hydrogen-bond acceptors (Lipinski definition) is 3. The number of aromatic carboxylic acids is 1. The van der Waals surface area contributed by atoms with Crippen LogP contribution in [0, 0.1) is 13.8 Å². The van der Waals surface area contributed by atoms with E-state index in [0.29, 0.717) is 19.0 Å². The molecule has 0 spiro atoms. The maximum atomic E-state index is 10.7. The Hall–Kier alpha value is -2.20. The van der Waals surface area contributed by atoms with Crippen LogP contribution in [-0.4, -0.2) is 24.3 Å². The van der Waals surface area contributed by atoms with Crippen molar-refractivity contribution in [2.75, 3.05) is 13.2 Å². The van der Waals surface area contributed by atoms with E-state index in [-0.39, 0.29) is 5.56 Å². The summed E-state index contributed by atoms with van der Waals surface area (Å²) in [5.74, 6) is 0.502. The zero-order valence-electron chi connectivity index (χ0n) is 13.1. The molecule has 0 amide bonds. The van der Waals surface area contributed by atoms with Gasteiger partial charge >= 0.3 is 5.97 Å². The second-order valence-corrected chi connectivity index (χ2v) is 5.63. The molecular weight excluding hydrogens is 316 g/mol.